The molecule has 3 aromatic carbocycles. The fourth-order valence-electron chi connectivity index (χ4n) is 4.67. The number of ether oxygens (including phenoxy) is 2. The highest BCUT2D eigenvalue weighted by atomic mass is 16.5. The first kappa shape index (κ1) is 21.5. The lowest BCUT2D eigenvalue weighted by molar-refractivity contribution is -0.921. The predicted octanol–water partition coefficient (Wildman–Crippen LogP) is 3.19. The van der Waals surface area contributed by atoms with Crippen molar-refractivity contribution in [3.63, 3.8) is 0 Å². The van der Waals surface area contributed by atoms with Crippen molar-refractivity contribution in [3.8, 4) is 5.75 Å². The van der Waals surface area contributed by atoms with Crippen molar-refractivity contribution in [2.24, 2.45) is 0 Å². The van der Waals surface area contributed by atoms with E-state index in [9.17, 15) is 4.79 Å². The first-order valence-corrected chi connectivity index (χ1v) is 11.5. The molecule has 1 fully saturated rings. The van der Waals surface area contributed by atoms with Gasteiger partial charge in [-0.1, -0.05) is 35.9 Å². The zero-order valence-corrected chi connectivity index (χ0v) is 19.1. The van der Waals surface area contributed by atoms with E-state index in [0.717, 1.165) is 66.7 Å². The molecule has 1 atom stereocenters. The van der Waals surface area contributed by atoms with Crippen LogP contribution in [-0.4, -0.2) is 39.3 Å². The first-order valence-electron chi connectivity index (χ1n) is 11.5. The van der Waals surface area contributed by atoms with Crippen LogP contribution in [0.15, 0.2) is 66.7 Å². The van der Waals surface area contributed by atoms with Crippen LogP contribution >= 0.6 is 0 Å². The minimum absolute atomic E-state index is 0.00521. The van der Waals surface area contributed by atoms with Gasteiger partial charge in [-0.25, -0.2) is 0 Å². The molecule has 1 amide bonds. The van der Waals surface area contributed by atoms with Crippen LogP contribution in [0.2, 0.25) is 0 Å². The van der Waals surface area contributed by atoms with Crippen LogP contribution in [-0.2, 0) is 11.3 Å². The number of hydrogen-bond donors (Lipinski definition) is 2. The number of quaternary nitrogens is 1. The van der Waals surface area contributed by atoms with E-state index in [0.29, 0.717) is 5.56 Å². The Hall–Kier alpha value is -3.35. The van der Waals surface area contributed by atoms with Gasteiger partial charge in [0.15, 0.2) is 0 Å². The monoisotopic (exact) mass is 444 g/mol. The van der Waals surface area contributed by atoms with Crippen molar-refractivity contribution in [1.82, 2.24) is 0 Å². The van der Waals surface area contributed by atoms with Crippen LogP contribution in [0.4, 0.5) is 11.4 Å². The molecule has 170 valence electrons. The molecular formula is C27H30N3O3+. The summed E-state index contributed by atoms with van der Waals surface area (Å²) in [6.07, 6.45) is -0.320. The van der Waals surface area contributed by atoms with Gasteiger partial charge in [0.05, 0.1) is 25.9 Å². The maximum Gasteiger partial charge on any atom is 0.262 e. The standard InChI is InChI=1S/C27H29N3O3/c1-19-7-10-22(11-8-19)30-26(28-24-6-4-3-5-23(24)27(30)31)20-9-12-25(32-2)21(17-20)18-29-13-15-33-16-14-29/h3-12,17,26,28H,13-16,18H2,1-2H3/p+1/t26-/m0/s1. The summed E-state index contributed by atoms with van der Waals surface area (Å²) >= 11 is 0. The zero-order valence-electron chi connectivity index (χ0n) is 19.1. The van der Waals surface area contributed by atoms with Crippen LogP contribution in [0.5, 0.6) is 5.75 Å². The number of nitrogens with one attached hydrogen (secondary N) is 2. The van der Waals surface area contributed by atoms with E-state index in [1.54, 1.807) is 7.11 Å². The van der Waals surface area contributed by atoms with Gasteiger partial charge in [-0.05, 0) is 48.9 Å². The third-order valence-corrected chi connectivity index (χ3v) is 6.50. The molecule has 2 heterocycles. The topological polar surface area (TPSA) is 55.2 Å². The maximum atomic E-state index is 13.7. The number of benzene rings is 3. The Bertz CT molecular complexity index is 1140. The van der Waals surface area contributed by atoms with Crippen LogP contribution in [0.3, 0.4) is 0 Å². The summed E-state index contributed by atoms with van der Waals surface area (Å²) in [4.78, 5) is 17.0. The van der Waals surface area contributed by atoms with Gasteiger partial charge >= 0.3 is 0 Å². The molecule has 2 aliphatic rings. The molecule has 33 heavy (non-hydrogen) atoms. The summed E-state index contributed by atoms with van der Waals surface area (Å²) in [7, 11) is 1.71. The van der Waals surface area contributed by atoms with Gasteiger partial charge < -0.3 is 19.7 Å². The van der Waals surface area contributed by atoms with Crippen LogP contribution in [0, 0.1) is 6.92 Å². The number of rotatable bonds is 5. The van der Waals surface area contributed by atoms with E-state index < -0.39 is 0 Å². The van der Waals surface area contributed by atoms with E-state index >= 15 is 0 Å². The Morgan fingerprint density at radius 3 is 2.58 bits per heavy atom. The second kappa shape index (κ2) is 9.25. The van der Waals surface area contributed by atoms with Gasteiger partial charge in [0.2, 0.25) is 0 Å². The van der Waals surface area contributed by atoms with Crippen molar-refractivity contribution in [2.45, 2.75) is 19.6 Å². The summed E-state index contributed by atoms with van der Waals surface area (Å²) in [5.74, 6) is 0.872. The van der Waals surface area contributed by atoms with E-state index in [4.69, 9.17) is 9.47 Å². The summed E-state index contributed by atoms with van der Waals surface area (Å²) in [5.41, 5.74) is 5.74. The number of amides is 1. The van der Waals surface area contributed by atoms with Gasteiger partial charge in [0.1, 0.15) is 31.5 Å². The predicted molar refractivity (Wildman–Crippen MR) is 129 cm³/mol. The molecule has 0 radical (unpaired) electrons. The highest BCUT2D eigenvalue weighted by Crippen LogP contribution is 2.37. The van der Waals surface area contributed by atoms with E-state index in [-0.39, 0.29) is 12.1 Å². The molecule has 0 saturated carbocycles. The number of aryl methyl sites for hydroxylation is 1. The van der Waals surface area contributed by atoms with Crippen molar-refractivity contribution >= 4 is 17.3 Å². The molecule has 5 rings (SSSR count). The van der Waals surface area contributed by atoms with E-state index in [1.807, 2.05) is 59.5 Å². The fraction of sp³-hybridized carbons (Fsp3) is 0.296. The van der Waals surface area contributed by atoms with Crippen molar-refractivity contribution < 1.29 is 19.2 Å². The Labute approximate surface area is 194 Å². The Morgan fingerprint density at radius 2 is 1.82 bits per heavy atom. The summed E-state index contributed by atoms with van der Waals surface area (Å²) in [5, 5.41) is 3.61. The Morgan fingerprint density at radius 1 is 1.06 bits per heavy atom. The van der Waals surface area contributed by atoms with E-state index in [2.05, 4.69) is 24.4 Å². The number of morpholine rings is 1. The lowest BCUT2D eigenvalue weighted by Gasteiger charge is -2.38. The number of para-hydroxylation sites is 1. The molecule has 2 N–H and O–H groups in total. The maximum absolute atomic E-state index is 13.7. The van der Waals surface area contributed by atoms with Gasteiger partial charge in [-0.2, -0.15) is 0 Å². The van der Waals surface area contributed by atoms with Gasteiger partial charge in [-0.15, -0.1) is 0 Å². The highest BCUT2D eigenvalue weighted by molar-refractivity contribution is 6.12. The average Bonchev–Trinajstić information content (AvgIpc) is 2.85. The Balaban J connectivity index is 1.55. The molecular weight excluding hydrogens is 414 g/mol. The third-order valence-electron chi connectivity index (χ3n) is 6.50. The van der Waals surface area contributed by atoms with Crippen molar-refractivity contribution in [2.75, 3.05) is 43.6 Å². The molecule has 0 aromatic heterocycles. The minimum Gasteiger partial charge on any atom is -0.496 e. The Kier molecular flexibility index (Phi) is 6.03. The number of anilines is 2. The molecule has 0 spiro atoms. The summed E-state index contributed by atoms with van der Waals surface area (Å²) in [6.45, 7) is 6.45. The summed E-state index contributed by atoms with van der Waals surface area (Å²) in [6, 6.07) is 22.1. The number of fused-ring (bicyclic) bond motifs is 1. The molecule has 1 saturated heterocycles. The summed E-state index contributed by atoms with van der Waals surface area (Å²) < 4.78 is 11.2. The SMILES string of the molecule is COc1ccc([C@H]2Nc3ccccc3C(=O)N2c2ccc(C)cc2)cc1C[NH+]1CCOCC1. The van der Waals surface area contributed by atoms with Gasteiger partial charge in [0.25, 0.3) is 5.91 Å². The smallest absolute Gasteiger partial charge is 0.262 e. The highest BCUT2D eigenvalue weighted by Gasteiger charge is 2.34. The van der Waals surface area contributed by atoms with Crippen LogP contribution < -0.4 is 19.9 Å². The third kappa shape index (κ3) is 4.32. The number of carbonyl (C=O) groups excluding carboxylic acids is 1. The molecule has 0 bridgehead atoms. The lowest BCUT2D eigenvalue weighted by atomic mass is 10.00. The zero-order chi connectivity index (χ0) is 22.8. The molecule has 2 aliphatic heterocycles. The first-order chi connectivity index (χ1) is 16.1. The van der Waals surface area contributed by atoms with Crippen molar-refractivity contribution in [3.05, 3.63) is 89.0 Å². The van der Waals surface area contributed by atoms with Gasteiger partial charge in [-0.3, -0.25) is 9.69 Å². The van der Waals surface area contributed by atoms with Gasteiger partial charge in [0, 0.05) is 16.9 Å². The lowest BCUT2D eigenvalue weighted by Crippen LogP contribution is -3.12. The normalized spacial score (nSPS) is 18.5. The van der Waals surface area contributed by atoms with E-state index in [1.165, 1.54) is 4.90 Å². The minimum atomic E-state index is -0.320. The molecule has 6 heteroatoms. The molecule has 0 unspecified atom stereocenters. The fourth-order valence-corrected chi connectivity index (χ4v) is 4.67. The van der Waals surface area contributed by atoms with Crippen LogP contribution in [0.25, 0.3) is 0 Å². The number of methoxy groups -OCH3 is 1. The number of nitrogens with zero attached hydrogens (tertiary/aromatic N) is 1. The number of carbonyl (C=O) groups is 1. The number of hydrogen-bond acceptors (Lipinski definition) is 4. The average molecular weight is 445 g/mol. The van der Waals surface area contributed by atoms with Crippen molar-refractivity contribution in [1.29, 1.82) is 0 Å². The van der Waals surface area contributed by atoms with Crippen LogP contribution in [0.1, 0.15) is 33.2 Å². The second-order valence-electron chi connectivity index (χ2n) is 8.71. The molecule has 3 aromatic rings. The quantitative estimate of drug-likeness (QED) is 0.635. The molecule has 0 aliphatic carbocycles. The largest absolute Gasteiger partial charge is 0.496 e. The second-order valence-corrected chi connectivity index (χ2v) is 8.71. The molecule has 6 nitrogen and oxygen atoms in total.